The number of hydrogen-bond donors (Lipinski definition) is 0. The van der Waals surface area contributed by atoms with E-state index in [4.69, 9.17) is 18.5 Å². The molecular weight excluding hydrogens is 683 g/mol. The number of ether oxygens (including phenoxy) is 2. The van der Waals surface area contributed by atoms with E-state index in [1.807, 2.05) is 0 Å². The molecule has 0 unspecified atom stereocenters. The van der Waals surface area contributed by atoms with E-state index < -0.39 is 13.7 Å². The SMILES string of the molecule is CCCCCCCCCCCCCCCCCC(=O)OC[C@@H](CCCP(=O)(OCC)OCC)OC(=O)CCCCCCCCCCCCCCCCC. The van der Waals surface area contributed by atoms with Gasteiger partial charge in [0.1, 0.15) is 12.7 Å². The summed E-state index contributed by atoms with van der Waals surface area (Å²) in [5, 5.41) is 0. The van der Waals surface area contributed by atoms with Crippen LogP contribution in [0, 0.1) is 0 Å². The summed E-state index contributed by atoms with van der Waals surface area (Å²) in [5.74, 6) is -0.488. The molecule has 0 aromatic carbocycles. The van der Waals surface area contributed by atoms with Crippen molar-refractivity contribution < 1.29 is 32.7 Å². The second-order valence-corrected chi connectivity index (χ2v) is 17.7. The van der Waals surface area contributed by atoms with Crippen LogP contribution in [0.25, 0.3) is 0 Å². The van der Waals surface area contributed by atoms with Crippen LogP contribution in [-0.4, -0.2) is 44.0 Å². The quantitative estimate of drug-likeness (QED) is 0.0346. The lowest BCUT2D eigenvalue weighted by Crippen LogP contribution is -2.25. The Kier molecular flexibility index (Phi) is 40.0. The fourth-order valence-electron chi connectivity index (χ4n) is 7.03. The van der Waals surface area contributed by atoms with Gasteiger partial charge in [-0.15, -0.1) is 0 Å². The van der Waals surface area contributed by atoms with Gasteiger partial charge in [-0.3, -0.25) is 14.2 Å². The largest absolute Gasteiger partial charge is 0.462 e. The van der Waals surface area contributed by atoms with Gasteiger partial charge in [-0.1, -0.05) is 194 Å². The van der Waals surface area contributed by atoms with Gasteiger partial charge in [0.25, 0.3) is 0 Å². The van der Waals surface area contributed by atoms with Gasteiger partial charge in [0, 0.05) is 12.8 Å². The Morgan fingerprint density at radius 3 is 1.09 bits per heavy atom. The zero-order valence-electron chi connectivity index (χ0n) is 35.8. The molecule has 8 heteroatoms. The lowest BCUT2D eigenvalue weighted by molar-refractivity contribution is -0.159. The fourth-order valence-corrected chi connectivity index (χ4v) is 8.72. The normalized spacial score (nSPS) is 12.3. The molecule has 53 heavy (non-hydrogen) atoms. The minimum Gasteiger partial charge on any atom is -0.462 e. The van der Waals surface area contributed by atoms with Crippen molar-refractivity contribution in [3.05, 3.63) is 0 Å². The molecule has 0 aliphatic heterocycles. The minimum absolute atomic E-state index is 0.0374. The van der Waals surface area contributed by atoms with Crippen LogP contribution in [0.1, 0.15) is 246 Å². The van der Waals surface area contributed by atoms with Crippen molar-refractivity contribution in [2.45, 2.75) is 252 Å². The molecule has 0 spiro atoms. The molecule has 0 bridgehead atoms. The molecule has 0 rings (SSSR count). The maximum atomic E-state index is 12.9. The summed E-state index contributed by atoms with van der Waals surface area (Å²) < 4.78 is 35.2. The maximum Gasteiger partial charge on any atom is 0.330 e. The Morgan fingerprint density at radius 1 is 0.434 bits per heavy atom. The monoisotopic (exact) mass is 773 g/mol. The number of carbonyl (C=O) groups is 2. The highest BCUT2D eigenvalue weighted by atomic mass is 31.2. The average molecular weight is 773 g/mol. The van der Waals surface area contributed by atoms with E-state index in [0.29, 0.717) is 38.9 Å². The van der Waals surface area contributed by atoms with Gasteiger partial charge in [-0.2, -0.15) is 0 Å². The highest BCUT2D eigenvalue weighted by Crippen LogP contribution is 2.48. The van der Waals surface area contributed by atoms with Gasteiger partial charge >= 0.3 is 19.5 Å². The third-order valence-electron chi connectivity index (χ3n) is 10.3. The van der Waals surface area contributed by atoms with Gasteiger partial charge < -0.3 is 18.5 Å². The van der Waals surface area contributed by atoms with E-state index >= 15 is 0 Å². The lowest BCUT2D eigenvalue weighted by Gasteiger charge is -2.20. The average Bonchev–Trinajstić information content (AvgIpc) is 3.14. The van der Waals surface area contributed by atoms with E-state index in [2.05, 4.69) is 13.8 Å². The number of unbranched alkanes of at least 4 members (excludes halogenated alkanes) is 28. The van der Waals surface area contributed by atoms with Crippen molar-refractivity contribution in [2.75, 3.05) is 26.0 Å². The van der Waals surface area contributed by atoms with Crippen LogP contribution in [0.5, 0.6) is 0 Å². The van der Waals surface area contributed by atoms with Crippen molar-refractivity contribution in [3.8, 4) is 0 Å². The molecule has 0 saturated carbocycles. The highest BCUT2D eigenvalue weighted by molar-refractivity contribution is 7.53. The van der Waals surface area contributed by atoms with Crippen LogP contribution in [0.4, 0.5) is 0 Å². The molecule has 0 aliphatic rings. The zero-order chi connectivity index (χ0) is 38.9. The maximum absolute atomic E-state index is 12.9. The van der Waals surface area contributed by atoms with Gasteiger partial charge in [-0.05, 0) is 39.5 Å². The number of esters is 2. The summed E-state index contributed by atoms with van der Waals surface area (Å²) in [6, 6.07) is 0. The Bertz CT molecular complexity index is 826. The topological polar surface area (TPSA) is 88.1 Å². The molecule has 0 saturated heterocycles. The summed E-state index contributed by atoms with van der Waals surface area (Å²) >= 11 is 0. The number of carbonyl (C=O) groups excluding carboxylic acids is 2. The van der Waals surface area contributed by atoms with Gasteiger partial charge in [0.05, 0.1) is 19.4 Å². The smallest absolute Gasteiger partial charge is 0.330 e. The van der Waals surface area contributed by atoms with Crippen LogP contribution >= 0.6 is 7.60 Å². The Hall–Kier alpha value is -0.910. The molecule has 7 nitrogen and oxygen atoms in total. The first-order chi connectivity index (χ1) is 25.9. The van der Waals surface area contributed by atoms with Crippen molar-refractivity contribution >= 4 is 19.5 Å². The summed E-state index contributed by atoms with van der Waals surface area (Å²) in [7, 11) is -3.18. The van der Waals surface area contributed by atoms with Crippen molar-refractivity contribution in [2.24, 2.45) is 0 Å². The molecule has 0 aromatic heterocycles. The van der Waals surface area contributed by atoms with E-state index in [0.717, 1.165) is 38.5 Å². The van der Waals surface area contributed by atoms with E-state index in [1.165, 1.54) is 154 Å². The molecule has 0 heterocycles. The van der Waals surface area contributed by atoms with E-state index in [-0.39, 0.29) is 24.7 Å². The predicted molar refractivity (Wildman–Crippen MR) is 225 cm³/mol. The minimum atomic E-state index is -3.18. The zero-order valence-corrected chi connectivity index (χ0v) is 36.6. The molecule has 0 fully saturated rings. The Labute approximate surface area is 329 Å². The summed E-state index contributed by atoms with van der Waals surface area (Å²) in [6.45, 7) is 8.80. The van der Waals surface area contributed by atoms with Gasteiger partial charge in [0.15, 0.2) is 0 Å². The summed E-state index contributed by atoms with van der Waals surface area (Å²) in [4.78, 5) is 25.3. The van der Waals surface area contributed by atoms with E-state index in [9.17, 15) is 14.2 Å². The summed E-state index contributed by atoms with van der Waals surface area (Å²) in [6.07, 6.45) is 39.9. The molecule has 0 amide bonds. The number of rotatable bonds is 43. The Balaban J connectivity index is 4.24. The van der Waals surface area contributed by atoms with Crippen LogP contribution in [0.3, 0.4) is 0 Å². The van der Waals surface area contributed by atoms with Crippen LogP contribution in [0.2, 0.25) is 0 Å². The second kappa shape index (κ2) is 40.7. The third kappa shape index (κ3) is 37.8. The summed E-state index contributed by atoms with van der Waals surface area (Å²) in [5.41, 5.74) is 0. The molecule has 0 aliphatic carbocycles. The first-order valence-corrected chi connectivity index (χ1v) is 24.9. The molecular formula is C45H89O7P. The van der Waals surface area contributed by atoms with Crippen LogP contribution in [-0.2, 0) is 32.7 Å². The molecule has 0 N–H and O–H groups in total. The first kappa shape index (κ1) is 52.1. The van der Waals surface area contributed by atoms with Crippen LogP contribution < -0.4 is 0 Å². The molecule has 0 aromatic rings. The lowest BCUT2D eigenvalue weighted by atomic mass is 10.0. The van der Waals surface area contributed by atoms with Crippen molar-refractivity contribution in [3.63, 3.8) is 0 Å². The van der Waals surface area contributed by atoms with Gasteiger partial charge in [-0.25, -0.2) is 0 Å². The molecule has 1 atom stereocenters. The molecule has 0 radical (unpaired) electrons. The number of hydrogen-bond acceptors (Lipinski definition) is 7. The standard InChI is InChI=1S/C45H89O7P/c1-5-9-11-13-15-17-19-21-23-25-27-29-31-33-35-39-44(46)49-42-43(38-37-41-53(48,50-7-3)51-8-4)52-45(47)40-36-34-32-30-28-26-24-22-20-18-16-14-12-10-6-2/h43H,5-42H2,1-4H3/t43-/m1/s1. The van der Waals surface area contributed by atoms with Crippen molar-refractivity contribution in [1.29, 1.82) is 0 Å². The van der Waals surface area contributed by atoms with Gasteiger partial charge in [0.2, 0.25) is 0 Å². The first-order valence-electron chi connectivity index (χ1n) is 23.1. The fraction of sp³-hybridized carbons (Fsp3) is 0.956. The van der Waals surface area contributed by atoms with Crippen molar-refractivity contribution in [1.82, 2.24) is 0 Å². The predicted octanol–water partition coefficient (Wildman–Crippen LogP) is 15.0. The third-order valence-corrected chi connectivity index (χ3v) is 12.5. The van der Waals surface area contributed by atoms with Crippen LogP contribution in [0.15, 0.2) is 0 Å². The van der Waals surface area contributed by atoms with E-state index in [1.54, 1.807) is 13.8 Å². The Morgan fingerprint density at radius 2 is 0.755 bits per heavy atom. The molecule has 316 valence electrons. The second-order valence-electron chi connectivity index (χ2n) is 15.5. The highest BCUT2D eigenvalue weighted by Gasteiger charge is 2.25.